The molecule has 0 aliphatic carbocycles. The maximum absolute atomic E-state index is 12.7. The molecular weight excluding hydrogens is 322 g/mol. The van der Waals surface area contributed by atoms with Crippen molar-refractivity contribution in [2.75, 3.05) is 6.54 Å². The monoisotopic (exact) mass is 347 g/mol. The van der Waals surface area contributed by atoms with Crippen molar-refractivity contribution in [3.05, 3.63) is 46.2 Å². The van der Waals surface area contributed by atoms with Crippen LogP contribution in [0.4, 0.5) is 0 Å². The molecule has 2 rings (SSSR count). The number of carbonyl (C=O) groups is 1. The minimum atomic E-state index is -0.0508. The fourth-order valence-corrected chi connectivity index (χ4v) is 2.81. The average Bonchev–Trinajstić information content (AvgIpc) is 2.80. The summed E-state index contributed by atoms with van der Waals surface area (Å²) in [5.74, 6) is 0.777. The molecule has 0 aliphatic rings. The van der Waals surface area contributed by atoms with E-state index in [0.717, 1.165) is 23.5 Å². The summed E-state index contributed by atoms with van der Waals surface area (Å²) in [4.78, 5) is 12.7. The first-order valence-corrected chi connectivity index (χ1v) is 8.80. The van der Waals surface area contributed by atoms with Crippen LogP contribution in [0.25, 0.3) is 5.69 Å². The van der Waals surface area contributed by atoms with Crippen LogP contribution >= 0.6 is 11.6 Å². The molecule has 0 saturated carbocycles. The normalized spacial score (nSPS) is 11.3. The summed E-state index contributed by atoms with van der Waals surface area (Å²) < 4.78 is 1.81. The lowest BCUT2D eigenvalue weighted by Crippen LogP contribution is -2.28. The Morgan fingerprint density at radius 1 is 1.25 bits per heavy atom. The molecule has 1 heterocycles. The Morgan fingerprint density at radius 2 is 1.96 bits per heavy atom. The molecule has 5 heteroatoms. The molecule has 0 bridgehead atoms. The predicted octanol–water partition coefficient (Wildman–Crippen LogP) is 4.42. The Kier molecular flexibility index (Phi) is 6.05. The van der Waals surface area contributed by atoms with Crippen molar-refractivity contribution in [2.45, 2.75) is 41.0 Å². The van der Waals surface area contributed by atoms with Crippen molar-refractivity contribution in [1.29, 1.82) is 0 Å². The molecule has 1 N–H and O–H groups in total. The summed E-state index contributed by atoms with van der Waals surface area (Å²) in [5, 5.41) is 8.37. The van der Waals surface area contributed by atoms with Gasteiger partial charge in [-0.3, -0.25) is 4.79 Å². The van der Waals surface area contributed by atoms with E-state index in [1.165, 1.54) is 0 Å². The Hall–Kier alpha value is -1.81. The zero-order chi connectivity index (χ0) is 17.9. The summed E-state index contributed by atoms with van der Waals surface area (Å²) in [6.45, 7) is 11.0. The molecule has 0 unspecified atom stereocenters. The van der Waals surface area contributed by atoms with Gasteiger partial charge in [0.2, 0.25) is 0 Å². The Labute approximate surface area is 149 Å². The number of hydrogen-bond donors (Lipinski definition) is 1. The zero-order valence-corrected chi connectivity index (χ0v) is 15.8. The molecule has 4 nitrogen and oxygen atoms in total. The molecule has 1 amide bonds. The van der Waals surface area contributed by atoms with Gasteiger partial charge in [0.25, 0.3) is 5.91 Å². The number of rotatable bonds is 6. The highest BCUT2D eigenvalue weighted by Gasteiger charge is 2.22. The number of aromatic nitrogens is 2. The molecule has 0 aliphatic heterocycles. The molecule has 0 fully saturated rings. The molecular formula is C19H26ClN3O. The van der Waals surface area contributed by atoms with Gasteiger partial charge in [-0.2, -0.15) is 5.10 Å². The Morgan fingerprint density at radius 3 is 2.54 bits per heavy atom. The highest BCUT2D eigenvalue weighted by Crippen LogP contribution is 2.22. The minimum absolute atomic E-state index is 0.0508. The second-order valence-corrected chi connectivity index (χ2v) is 7.44. The minimum Gasteiger partial charge on any atom is -0.352 e. The fourth-order valence-electron chi connectivity index (χ4n) is 2.63. The highest BCUT2D eigenvalue weighted by atomic mass is 35.5. The zero-order valence-electron chi connectivity index (χ0n) is 15.1. The lowest BCUT2D eigenvalue weighted by Gasteiger charge is -2.09. The van der Waals surface area contributed by atoms with E-state index >= 15 is 0 Å². The summed E-state index contributed by atoms with van der Waals surface area (Å²) >= 11 is 6.10. The number of benzene rings is 1. The van der Waals surface area contributed by atoms with Gasteiger partial charge in [-0.15, -0.1) is 0 Å². The number of nitrogens with one attached hydrogen (secondary N) is 1. The smallest absolute Gasteiger partial charge is 0.255 e. The van der Waals surface area contributed by atoms with Crippen molar-refractivity contribution in [3.63, 3.8) is 0 Å². The van der Waals surface area contributed by atoms with Crippen molar-refractivity contribution in [1.82, 2.24) is 15.1 Å². The number of hydrogen-bond acceptors (Lipinski definition) is 2. The van der Waals surface area contributed by atoms with E-state index in [1.807, 2.05) is 35.9 Å². The molecule has 0 saturated heterocycles. The highest BCUT2D eigenvalue weighted by molar-refractivity contribution is 6.30. The third-order valence-corrected chi connectivity index (χ3v) is 3.98. The van der Waals surface area contributed by atoms with Gasteiger partial charge in [0.15, 0.2) is 0 Å². The topological polar surface area (TPSA) is 46.9 Å². The lowest BCUT2D eigenvalue weighted by molar-refractivity contribution is 0.0947. The van der Waals surface area contributed by atoms with E-state index in [9.17, 15) is 4.79 Å². The van der Waals surface area contributed by atoms with Crippen LogP contribution in [0.15, 0.2) is 24.3 Å². The van der Waals surface area contributed by atoms with Gasteiger partial charge in [-0.1, -0.05) is 45.4 Å². The van der Waals surface area contributed by atoms with Crippen LogP contribution in [0.2, 0.25) is 5.02 Å². The van der Waals surface area contributed by atoms with Gasteiger partial charge in [-0.25, -0.2) is 4.68 Å². The summed E-state index contributed by atoms with van der Waals surface area (Å²) in [5.41, 5.74) is 3.23. The van der Waals surface area contributed by atoms with Crippen LogP contribution in [-0.4, -0.2) is 22.2 Å². The Bertz CT molecular complexity index is 719. The van der Waals surface area contributed by atoms with Crippen molar-refractivity contribution in [2.24, 2.45) is 11.8 Å². The fraction of sp³-hybridized carbons (Fsp3) is 0.474. The molecule has 2 aromatic rings. The van der Waals surface area contributed by atoms with E-state index in [0.29, 0.717) is 29.0 Å². The molecule has 24 heavy (non-hydrogen) atoms. The van der Waals surface area contributed by atoms with Gasteiger partial charge in [-0.05, 0) is 43.4 Å². The molecule has 1 aromatic heterocycles. The van der Waals surface area contributed by atoms with Crippen LogP contribution < -0.4 is 5.32 Å². The van der Waals surface area contributed by atoms with Crippen LogP contribution in [-0.2, 0) is 6.42 Å². The maximum atomic E-state index is 12.7. The Balaban J connectivity index is 2.46. The van der Waals surface area contributed by atoms with Gasteiger partial charge in [0, 0.05) is 11.6 Å². The van der Waals surface area contributed by atoms with Crippen LogP contribution in [0, 0.1) is 18.8 Å². The average molecular weight is 348 g/mol. The summed E-state index contributed by atoms with van der Waals surface area (Å²) in [6, 6.07) is 7.52. The first-order valence-electron chi connectivity index (χ1n) is 8.42. The quantitative estimate of drug-likeness (QED) is 0.840. The SMILES string of the molecule is Cc1c(C(=O)NCC(C)C)c(CC(C)C)nn1-c1cccc(Cl)c1. The summed E-state index contributed by atoms with van der Waals surface area (Å²) in [6.07, 6.45) is 0.763. The number of carbonyl (C=O) groups excluding carboxylic acids is 1. The lowest BCUT2D eigenvalue weighted by atomic mass is 10.0. The van der Waals surface area contributed by atoms with Gasteiger partial charge < -0.3 is 5.32 Å². The number of nitrogens with zero attached hydrogens (tertiary/aromatic N) is 2. The maximum Gasteiger partial charge on any atom is 0.255 e. The van der Waals surface area contributed by atoms with Crippen molar-refractivity contribution < 1.29 is 4.79 Å². The predicted molar refractivity (Wildman–Crippen MR) is 99.0 cm³/mol. The van der Waals surface area contributed by atoms with E-state index in [4.69, 9.17) is 16.7 Å². The molecule has 0 atom stereocenters. The first kappa shape index (κ1) is 18.5. The standard InChI is InChI=1S/C19H26ClN3O/c1-12(2)9-17-18(19(24)21-11-13(3)4)14(5)23(22-17)16-8-6-7-15(20)10-16/h6-8,10,12-13H,9,11H2,1-5H3,(H,21,24). The number of halogens is 1. The third-order valence-electron chi connectivity index (χ3n) is 3.74. The van der Waals surface area contributed by atoms with Crippen molar-refractivity contribution in [3.8, 4) is 5.69 Å². The van der Waals surface area contributed by atoms with Gasteiger partial charge >= 0.3 is 0 Å². The van der Waals surface area contributed by atoms with E-state index in [2.05, 4.69) is 33.0 Å². The second-order valence-electron chi connectivity index (χ2n) is 7.00. The van der Waals surface area contributed by atoms with Crippen LogP contribution in [0.5, 0.6) is 0 Å². The summed E-state index contributed by atoms with van der Waals surface area (Å²) in [7, 11) is 0. The second kappa shape index (κ2) is 7.84. The van der Waals surface area contributed by atoms with Crippen LogP contribution in [0.1, 0.15) is 49.4 Å². The third kappa shape index (κ3) is 4.38. The van der Waals surface area contributed by atoms with Crippen LogP contribution in [0.3, 0.4) is 0 Å². The van der Waals surface area contributed by atoms with Crippen molar-refractivity contribution >= 4 is 17.5 Å². The van der Waals surface area contributed by atoms with E-state index < -0.39 is 0 Å². The number of amides is 1. The van der Waals surface area contributed by atoms with E-state index in [-0.39, 0.29) is 5.91 Å². The molecule has 0 radical (unpaired) electrons. The van der Waals surface area contributed by atoms with Gasteiger partial charge in [0.1, 0.15) is 0 Å². The largest absolute Gasteiger partial charge is 0.352 e. The molecule has 0 spiro atoms. The van der Waals surface area contributed by atoms with Gasteiger partial charge in [0.05, 0.1) is 22.6 Å². The first-order chi connectivity index (χ1) is 11.3. The van der Waals surface area contributed by atoms with E-state index in [1.54, 1.807) is 0 Å². The molecule has 130 valence electrons. The molecule has 1 aromatic carbocycles.